The van der Waals surface area contributed by atoms with Crippen LogP contribution in [-0.2, 0) is 19.1 Å². The van der Waals surface area contributed by atoms with Crippen LogP contribution in [0.2, 0.25) is 0 Å². The van der Waals surface area contributed by atoms with Crippen molar-refractivity contribution in [1.82, 2.24) is 40.4 Å². The molecule has 53 heavy (non-hydrogen) atoms. The number of nitrogens with one attached hydrogen (secondary N) is 4. The minimum Gasteiger partial charge on any atom is -0.453 e. The molecule has 6 heterocycles. The summed E-state index contributed by atoms with van der Waals surface area (Å²) in [5.74, 6) is 0.892. The summed E-state index contributed by atoms with van der Waals surface area (Å²) in [7, 11) is 2.54. The second-order valence-corrected chi connectivity index (χ2v) is 15.0. The number of thiophene rings is 2. The fraction of sp³-hybridized carbons (Fsp3) is 0.351. The van der Waals surface area contributed by atoms with Gasteiger partial charge in [-0.05, 0) is 29.9 Å². The van der Waals surface area contributed by atoms with Gasteiger partial charge in [0.05, 0.1) is 47.2 Å². The molecule has 4 N–H and O–H groups in total. The third kappa shape index (κ3) is 7.15. The SMILES string of the molecule is COC(=O)NCC(=O)N1CC=CC1c1ncc(-c2ccc(-c3csc4c(-c5c[nH]c(C6CCCN6C(=O)C(NC(=O)OC)C(C)C)n5)csc34)cc2)[nH]1. The summed E-state index contributed by atoms with van der Waals surface area (Å²) in [6.07, 6.45) is 7.85. The first-order valence-electron chi connectivity index (χ1n) is 17.3. The lowest BCUT2D eigenvalue weighted by Gasteiger charge is -2.29. The fourth-order valence-electron chi connectivity index (χ4n) is 6.84. The second-order valence-electron chi connectivity index (χ2n) is 13.2. The number of benzene rings is 1. The van der Waals surface area contributed by atoms with Crippen LogP contribution < -0.4 is 10.6 Å². The molecule has 4 aromatic heterocycles. The Kier molecular flexibility index (Phi) is 10.3. The van der Waals surface area contributed by atoms with Gasteiger partial charge >= 0.3 is 12.2 Å². The van der Waals surface area contributed by atoms with Crippen molar-refractivity contribution in [2.45, 2.75) is 44.8 Å². The highest BCUT2D eigenvalue weighted by atomic mass is 32.1. The number of fused-ring (bicyclic) bond motifs is 1. The summed E-state index contributed by atoms with van der Waals surface area (Å²) in [5, 5.41) is 9.45. The number of likely N-dealkylation sites (tertiary alicyclic amines) is 1. The van der Waals surface area contributed by atoms with E-state index in [0.29, 0.717) is 18.9 Å². The second kappa shape index (κ2) is 15.2. The molecule has 3 unspecified atom stereocenters. The van der Waals surface area contributed by atoms with Gasteiger partial charge < -0.3 is 39.9 Å². The molecule has 7 rings (SSSR count). The molecule has 14 nitrogen and oxygen atoms in total. The highest BCUT2D eigenvalue weighted by Gasteiger charge is 2.37. The minimum atomic E-state index is -0.689. The molecule has 3 atom stereocenters. The van der Waals surface area contributed by atoms with Crippen molar-refractivity contribution in [3.63, 3.8) is 0 Å². The van der Waals surface area contributed by atoms with Gasteiger partial charge in [0, 0.05) is 41.2 Å². The first-order chi connectivity index (χ1) is 25.7. The number of aromatic nitrogens is 4. The van der Waals surface area contributed by atoms with Crippen LogP contribution in [-0.4, -0.2) is 93.6 Å². The summed E-state index contributed by atoms with van der Waals surface area (Å²) in [4.78, 5) is 69.5. The molecule has 5 aromatic rings. The number of carbonyl (C=O) groups is 4. The van der Waals surface area contributed by atoms with E-state index >= 15 is 0 Å². The zero-order chi connectivity index (χ0) is 37.2. The molecule has 0 saturated carbocycles. The van der Waals surface area contributed by atoms with Crippen molar-refractivity contribution in [3.05, 3.63) is 71.2 Å². The van der Waals surface area contributed by atoms with Gasteiger partial charge in [0.2, 0.25) is 11.8 Å². The summed E-state index contributed by atoms with van der Waals surface area (Å²) < 4.78 is 11.7. The summed E-state index contributed by atoms with van der Waals surface area (Å²) >= 11 is 3.36. The zero-order valence-electron chi connectivity index (χ0n) is 29.7. The van der Waals surface area contributed by atoms with Gasteiger partial charge in [-0.15, -0.1) is 22.7 Å². The third-order valence-electron chi connectivity index (χ3n) is 9.63. The Labute approximate surface area is 313 Å². The largest absolute Gasteiger partial charge is 0.453 e. The Morgan fingerprint density at radius 3 is 2.42 bits per heavy atom. The maximum absolute atomic E-state index is 13.6. The van der Waals surface area contributed by atoms with Gasteiger partial charge in [0.25, 0.3) is 0 Å². The Hall–Kier alpha value is -5.48. The van der Waals surface area contributed by atoms with E-state index in [2.05, 4.69) is 65.3 Å². The van der Waals surface area contributed by atoms with Gasteiger partial charge in [-0.3, -0.25) is 9.59 Å². The lowest BCUT2D eigenvalue weighted by atomic mass is 10.0. The lowest BCUT2D eigenvalue weighted by Crippen LogP contribution is -2.51. The molecule has 16 heteroatoms. The average Bonchev–Trinajstić information content (AvgIpc) is 4.01. The van der Waals surface area contributed by atoms with Crippen molar-refractivity contribution in [1.29, 1.82) is 0 Å². The molecule has 1 saturated heterocycles. The number of ether oxygens (including phenoxy) is 2. The number of H-pyrrole nitrogens is 2. The van der Waals surface area contributed by atoms with Gasteiger partial charge in [-0.25, -0.2) is 19.6 Å². The number of hydrogen-bond acceptors (Lipinski definition) is 10. The quantitative estimate of drug-likeness (QED) is 0.121. The first kappa shape index (κ1) is 35.9. The van der Waals surface area contributed by atoms with Crippen LogP contribution in [0.25, 0.3) is 43.0 Å². The predicted octanol–water partition coefficient (Wildman–Crippen LogP) is 6.25. The third-order valence-corrected chi connectivity index (χ3v) is 11.8. The molecule has 4 amide bonds. The van der Waals surface area contributed by atoms with Crippen molar-refractivity contribution < 1.29 is 28.7 Å². The van der Waals surface area contributed by atoms with Crippen LogP contribution >= 0.6 is 22.7 Å². The van der Waals surface area contributed by atoms with Gasteiger partial charge in [-0.2, -0.15) is 0 Å². The Balaban J connectivity index is 1.05. The number of rotatable bonds is 10. The van der Waals surface area contributed by atoms with E-state index in [4.69, 9.17) is 9.72 Å². The molecule has 0 bridgehead atoms. The fourth-order valence-corrected chi connectivity index (χ4v) is 9.27. The van der Waals surface area contributed by atoms with E-state index in [1.165, 1.54) is 18.9 Å². The van der Waals surface area contributed by atoms with Crippen molar-refractivity contribution >= 4 is 56.1 Å². The van der Waals surface area contributed by atoms with Gasteiger partial charge in [0.15, 0.2) is 0 Å². The van der Waals surface area contributed by atoms with Gasteiger partial charge in [0.1, 0.15) is 30.3 Å². The lowest BCUT2D eigenvalue weighted by molar-refractivity contribution is -0.135. The molecule has 0 spiro atoms. The van der Waals surface area contributed by atoms with Crippen molar-refractivity contribution in [2.75, 3.05) is 33.9 Å². The van der Waals surface area contributed by atoms with E-state index in [-0.39, 0.29) is 36.4 Å². The molecule has 0 radical (unpaired) electrons. The Morgan fingerprint density at radius 1 is 0.962 bits per heavy atom. The van der Waals surface area contributed by atoms with Crippen LogP contribution in [0.4, 0.5) is 9.59 Å². The molecule has 0 aliphatic carbocycles. The number of hydrogen-bond donors (Lipinski definition) is 4. The molecule has 1 fully saturated rings. The number of methoxy groups -OCH3 is 2. The van der Waals surface area contributed by atoms with Crippen molar-refractivity contribution in [2.24, 2.45) is 5.92 Å². The highest BCUT2D eigenvalue weighted by molar-refractivity contribution is 7.27. The minimum absolute atomic E-state index is 0.106. The number of carbonyl (C=O) groups excluding carboxylic acids is 4. The van der Waals surface area contributed by atoms with Crippen LogP contribution in [0.15, 0.2) is 59.6 Å². The molecule has 2 aliphatic heterocycles. The van der Waals surface area contributed by atoms with E-state index in [9.17, 15) is 19.2 Å². The first-order valence-corrected chi connectivity index (χ1v) is 19.1. The molecule has 276 valence electrons. The van der Waals surface area contributed by atoms with E-state index in [1.807, 2.05) is 37.1 Å². The number of amides is 4. The monoisotopic (exact) mass is 756 g/mol. The van der Waals surface area contributed by atoms with Gasteiger partial charge in [-0.1, -0.05) is 50.3 Å². The predicted molar refractivity (Wildman–Crippen MR) is 202 cm³/mol. The average molecular weight is 757 g/mol. The highest BCUT2D eigenvalue weighted by Crippen LogP contribution is 2.44. The number of imidazole rings is 2. The topological polar surface area (TPSA) is 175 Å². The normalized spacial score (nSPS) is 17.5. The van der Waals surface area contributed by atoms with E-state index in [0.717, 1.165) is 57.0 Å². The van der Waals surface area contributed by atoms with Crippen LogP contribution in [0.3, 0.4) is 0 Å². The van der Waals surface area contributed by atoms with Crippen molar-refractivity contribution in [3.8, 4) is 33.6 Å². The maximum Gasteiger partial charge on any atom is 0.407 e. The number of nitrogens with zero attached hydrogens (tertiary/aromatic N) is 4. The smallest absolute Gasteiger partial charge is 0.407 e. The molecular weight excluding hydrogens is 717 g/mol. The maximum atomic E-state index is 13.6. The summed E-state index contributed by atoms with van der Waals surface area (Å²) in [6.45, 7) is 4.66. The summed E-state index contributed by atoms with van der Waals surface area (Å²) in [5.41, 5.74) is 5.90. The standard InChI is InChI=1S/C37H40N8O6S2/c1-20(2)30(43-37(49)51-4)35(47)45-14-6-8-28(45)34-39-16-26(42-34)24-19-53-31-23(18-52-32(24)31)21-9-11-22(12-10-21)25-15-38-33(41-25)27-7-5-13-44(27)29(46)17-40-36(48)50-3/h5,7,9-12,15-16,18-20,27-28,30H,6,8,13-14,17H2,1-4H3,(H,38,41)(H,39,42)(H,40,48)(H,43,49). The Bertz CT molecular complexity index is 2170. The number of alkyl carbamates (subject to hydrolysis) is 2. The summed E-state index contributed by atoms with van der Waals surface area (Å²) in [6, 6.07) is 7.04. The zero-order valence-corrected chi connectivity index (χ0v) is 31.3. The van der Waals surface area contributed by atoms with E-state index in [1.54, 1.807) is 33.8 Å². The van der Waals surface area contributed by atoms with E-state index < -0.39 is 18.2 Å². The number of aromatic amines is 2. The van der Waals surface area contributed by atoms with Crippen LogP contribution in [0.5, 0.6) is 0 Å². The van der Waals surface area contributed by atoms with Crippen LogP contribution in [0, 0.1) is 5.92 Å². The molecule has 2 aliphatic rings. The van der Waals surface area contributed by atoms with Crippen LogP contribution in [0.1, 0.15) is 50.4 Å². The molecule has 1 aromatic carbocycles. The molecular formula is C37H40N8O6S2. The Morgan fingerprint density at radius 2 is 1.68 bits per heavy atom.